The van der Waals surface area contributed by atoms with E-state index >= 15 is 0 Å². The van der Waals surface area contributed by atoms with Gasteiger partial charge >= 0.3 is 0 Å². The summed E-state index contributed by atoms with van der Waals surface area (Å²) in [6.07, 6.45) is 1.35. The summed E-state index contributed by atoms with van der Waals surface area (Å²) < 4.78 is 0. The highest BCUT2D eigenvalue weighted by molar-refractivity contribution is 7.08. The van der Waals surface area contributed by atoms with E-state index in [1.165, 1.54) is 29.5 Å². The Labute approximate surface area is 130 Å². The quantitative estimate of drug-likeness (QED) is 0.300. The first kappa shape index (κ1) is 15.4. The third-order valence-electron chi connectivity index (χ3n) is 2.95. The van der Waals surface area contributed by atoms with Crippen LogP contribution in [0.2, 0.25) is 0 Å². The number of anilines is 1. The molecule has 0 aliphatic carbocycles. The van der Waals surface area contributed by atoms with Gasteiger partial charge in [-0.2, -0.15) is 16.6 Å². The highest BCUT2D eigenvalue weighted by Gasteiger charge is 2.15. The summed E-state index contributed by atoms with van der Waals surface area (Å²) in [4.78, 5) is 22.7. The first-order valence-corrected chi connectivity index (χ1v) is 7.16. The average Bonchev–Trinajstić information content (AvgIpc) is 3.06. The van der Waals surface area contributed by atoms with Crippen LogP contribution in [-0.2, 0) is 0 Å². The molecule has 1 aromatic carbocycles. The maximum atomic E-state index is 12.2. The third kappa shape index (κ3) is 3.19. The van der Waals surface area contributed by atoms with Crippen molar-refractivity contribution in [1.82, 2.24) is 0 Å². The number of rotatable bonds is 5. The topological polar surface area (TPSA) is 96.0 Å². The molecule has 0 atom stereocenters. The monoisotopic (exact) mass is 313 g/mol. The smallest absolute Gasteiger partial charge is 0.292 e. The van der Waals surface area contributed by atoms with E-state index in [0.717, 1.165) is 0 Å². The molecule has 1 aromatic heterocycles. The first-order chi connectivity index (χ1) is 10.6. The molecule has 2 rings (SSSR count). The van der Waals surface area contributed by atoms with Gasteiger partial charge in [0.25, 0.3) is 5.69 Å². The number of hydrogen-bond donors (Lipinski definition) is 1. The Hall–Kier alpha value is -2.98. The number of benzene rings is 1. The third-order valence-corrected chi connectivity index (χ3v) is 3.63. The first-order valence-electron chi connectivity index (χ1n) is 6.21. The molecule has 0 radical (unpaired) electrons. The molecule has 0 spiro atoms. The molecule has 2 aromatic rings. The minimum Gasteiger partial charge on any atom is -0.383 e. The highest BCUT2D eigenvalue weighted by atomic mass is 32.1. The number of thiophene rings is 1. The van der Waals surface area contributed by atoms with Crippen LogP contribution in [0.3, 0.4) is 0 Å². The predicted molar refractivity (Wildman–Crippen MR) is 84.9 cm³/mol. The van der Waals surface area contributed by atoms with Crippen molar-refractivity contribution in [2.24, 2.45) is 0 Å². The molecule has 0 fully saturated rings. The maximum absolute atomic E-state index is 12.2. The largest absolute Gasteiger partial charge is 0.383 e. The zero-order chi connectivity index (χ0) is 16.1. The second kappa shape index (κ2) is 6.65. The Morgan fingerprint density at radius 3 is 2.77 bits per heavy atom. The van der Waals surface area contributed by atoms with Crippen molar-refractivity contribution in [2.75, 3.05) is 12.4 Å². The van der Waals surface area contributed by atoms with E-state index in [9.17, 15) is 14.9 Å². The standard InChI is InChI=1S/C15H11N3O3S/c1-17-13-3-2-10(7-14(13)18(20)21)6-12(8-16)15(19)11-4-5-22-9-11/h2-7,9,17H,1H3/b12-6-. The summed E-state index contributed by atoms with van der Waals surface area (Å²) in [6, 6.07) is 7.94. The number of nitriles is 1. The number of nitrogens with one attached hydrogen (secondary N) is 1. The lowest BCUT2D eigenvalue weighted by molar-refractivity contribution is -0.383. The molecular formula is C15H11N3O3S. The van der Waals surface area contributed by atoms with E-state index in [0.29, 0.717) is 16.8 Å². The van der Waals surface area contributed by atoms with E-state index < -0.39 is 10.7 Å². The van der Waals surface area contributed by atoms with Crippen LogP contribution in [0.25, 0.3) is 6.08 Å². The number of nitrogens with zero attached hydrogens (tertiary/aromatic N) is 2. The van der Waals surface area contributed by atoms with E-state index in [1.807, 2.05) is 6.07 Å². The van der Waals surface area contributed by atoms with Gasteiger partial charge in [-0.05, 0) is 29.2 Å². The molecule has 0 saturated carbocycles. The lowest BCUT2D eigenvalue weighted by atomic mass is 10.0. The summed E-state index contributed by atoms with van der Waals surface area (Å²) >= 11 is 1.36. The van der Waals surface area contributed by atoms with E-state index in [1.54, 1.807) is 29.9 Å². The van der Waals surface area contributed by atoms with Crippen LogP contribution >= 0.6 is 11.3 Å². The van der Waals surface area contributed by atoms with Crippen molar-refractivity contribution in [3.63, 3.8) is 0 Å². The van der Waals surface area contributed by atoms with Gasteiger partial charge in [0.1, 0.15) is 17.3 Å². The molecule has 0 amide bonds. The number of Topliss-reactive ketones (excluding diaryl/α,β-unsaturated/α-hetero) is 1. The molecule has 0 bridgehead atoms. The Morgan fingerprint density at radius 1 is 1.45 bits per heavy atom. The number of ketones is 1. The van der Waals surface area contributed by atoms with Gasteiger partial charge in [-0.25, -0.2) is 0 Å². The van der Waals surface area contributed by atoms with Gasteiger partial charge in [-0.15, -0.1) is 0 Å². The van der Waals surface area contributed by atoms with Crippen LogP contribution in [0, 0.1) is 21.4 Å². The Balaban J connectivity index is 2.42. The number of hydrogen-bond acceptors (Lipinski definition) is 6. The van der Waals surface area contributed by atoms with Crippen molar-refractivity contribution in [3.8, 4) is 6.07 Å². The van der Waals surface area contributed by atoms with Crippen LogP contribution in [0.5, 0.6) is 0 Å². The van der Waals surface area contributed by atoms with Gasteiger partial charge in [-0.1, -0.05) is 6.07 Å². The summed E-state index contributed by atoms with van der Waals surface area (Å²) in [5.74, 6) is -0.399. The van der Waals surface area contributed by atoms with Gasteiger partial charge in [0.2, 0.25) is 5.78 Å². The number of carbonyl (C=O) groups is 1. The summed E-state index contributed by atoms with van der Waals surface area (Å²) in [7, 11) is 1.58. The van der Waals surface area contributed by atoms with E-state index in [4.69, 9.17) is 5.26 Å². The molecule has 22 heavy (non-hydrogen) atoms. The zero-order valence-electron chi connectivity index (χ0n) is 11.6. The highest BCUT2D eigenvalue weighted by Crippen LogP contribution is 2.26. The van der Waals surface area contributed by atoms with Crippen LogP contribution in [0.1, 0.15) is 15.9 Å². The average molecular weight is 313 g/mol. The molecule has 1 heterocycles. The fourth-order valence-corrected chi connectivity index (χ4v) is 2.50. The fourth-order valence-electron chi connectivity index (χ4n) is 1.87. The Morgan fingerprint density at radius 2 is 2.23 bits per heavy atom. The fraction of sp³-hybridized carbons (Fsp3) is 0.0667. The van der Waals surface area contributed by atoms with Crippen molar-refractivity contribution in [3.05, 3.63) is 61.8 Å². The van der Waals surface area contributed by atoms with Gasteiger partial charge in [0.05, 0.1) is 4.92 Å². The van der Waals surface area contributed by atoms with Crippen molar-refractivity contribution >= 4 is 34.6 Å². The molecule has 110 valence electrons. The zero-order valence-corrected chi connectivity index (χ0v) is 12.4. The van der Waals surface area contributed by atoms with Crippen molar-refractivity contribution < 1.29 is 9.72 Å². The Bertz CT molecular complexity index is 789. The van der Waals surface area contributed by atoms with Gasteiger partial charge in [-0.3, -0.25) is 14.9 Å². The molecule has 0 unspecified atom stereocenters. The minimum atomic E-state index is -0.518. The summed E-state index contributed by atoms with van der Waals surface area (Å²) in [5, 5.41) is 26.3. The summed E-state index contributed by atoms with van der Waals surface area (Å²) in [6.45, 7) is 0. The lowest BCUT2D eigenvalue weighted by Gasteiger charge is -2.03. The number of allylic oxidation sites excluding steroid dienone is 1. The van der Waals surface area contributed by atoms with Gasteiger partial charge in [0, 0.05) is 24.1 Å². The molecule has 0 saturated heterocycles. The van der Waals surface area contributed by atoms with Crippen LogP contribution in [0.4, 0.5) is 11.4 Å². The number of nitro groups is 1. The summed E-state index contributed by atoms with van der Waals surface area (Å²) in [5.41, 5.74) is 1.04. The predicted octanol–water partition coefficient (Wildman–Crippen LogP) is 3.49. The molecule has 6 nitrogen and oxygen atoms in total. The van der Waals surface area contributed by atoms with Crippen LogP contribution in [0.15, 0.2) is 40.6 Å². The van der Waals surface area contributed by atoms with Gasteiger partial charge < -0.3 is 5.32 Å². The number of carbonyl (C=O) groups excluding carboxylic acids is 1. The molecule has 0 aliphatic heterocycles. The van der Waals surface area contributed by atoms with Crippen LogP contribution in [-0.4, -0.2) is 17.8 Å². The van der Waals surface area contributed by atoms with E-state index in [-0.39, 0.29) is 11.3 Å². The molecule has 1 N–H and O–H groups in total. The number of nitro benzene ring substituents is 1. The lowest BCUT2D eigenvalue weighted by Crippen LogP contribution is -2.00. The molecule has 7 heteroatoms. The van der Waals surface area contributed by atoms with Crippen molar-refractivity contribution in [2.45, 2.75) is 0 Å². The molecular weight excluding hydrogens is 302 g/mol. The van der Waals surface area contributed by atoms with Crippen LogP contribution < -0.4 is 5.32 Å². The second-order valence-electron chi connectivity index (χ2n) is 4.29. The maximum Gasteiger partial charge on any atom is 0.292 e. The minimum absolute atomic E-state index is 0.0649. The van der Waals surface area contributed by atoms with Crippen molar-refractivity contribution in [1.29, 1.82) is 5.26 Å². The normalized spacial score (nSPS) is 10.8. The SMILES string of the molecule is CNc1ccc(/C=C(/C#N)C(=O)c2ccsc2)cc1[N+](=O)[O-]. The Kier molecular flexibility index (Phi) is 4.66. The second-order valence-corrected chi connectivity index (χ2v) is 5.07. The van der Waals surface area contributed by atoms with Gasteiger partial charge in [0.15, 0.2) is 0 Å². The molecule has 0 aliphatic rings. The van der Waals surface area contributed by atoms with E-state index in [2.05, 4.69) is 5.32 Å².